The van der Waals surface area contributed by atoms with Gasteiger partial charge in [-0.25, -0.2) is 18.7 Å². The number of nitrogens with zero attached hydrogens (tertiary/aromatic N) is 3. The molecule has 1 aromatic heterocycles. The number of rotatable bonds is 7. The zero-order valence-electron chi connectivity index (χ0n) is 19.4. The third-order valence-electron chi connectivity index (χ3n) is 6.80. The summed E-state index contributed by atoms with van der Waals surface area (Å²) in [5, 5.41) is 15.6. The van der Waals surface area contributed by atoms with Crippen LogP contribution in [0.2, 0.25) is 5.02 Å². The minimum absolute atomic E-state index is 0.199. The van der Waals surface area contributed by atoms with Gasteiger partial charge in [0.15, 0.2) is 0 Å². The van der Waals surface area contributed by atoms with Crippen molar-refractivity contribution in [1.29, 1.82) is 0 Å². The molecule has 3 heterocycles. The summed E-state index contributed by atoms with van der Waals surface area (Å²) >= 11 is 6.38. The van der Waals surface area contributed by atoms with Crippen molar-refractivity contribution >= 4 is 29.4 Å². The van der Waals surface area contributed by atoms with Crippen molar-refractivity contribution in [2.45, 2.75) is 49.7 Å². The molecule has 1 saturated heterocycles. The number of aliphatic hydroxyl groups excluding tert-OH is 1. The second-order valence-corrected chi connectivity index (χ2v) is 10.1. The predicted molar refractivity (Wildman–Crippen MR) is 127 cm³/mol. The number of aromatic nitrogens is 2. The fourth-order valence-electron chi connectivity index (χ4n) is 4.99. The van der Waals surface area contributed by atoms with Crippen LogP contribution in [0, 0.1) is 0 Å². The van der Waals surface area contributed by atoms with Crippen LogP contribution in [0.4, 0.5) is 14.7 Å². The number of ether oxygens (including phenoxy) is 1. The van der Waals surface area contributed by atoms with Crippen molar-refractivity contribution in [2.24, 2.45) is 0 Å². The van der Waals surface area contributed by atoms with Crippen LogP contribution in [0.15, 0.2) is 24.4 Å². The standard InChI is InChI=1S/C24H26ClF2N5O4/c25-18-8-28-22(29-16-3-5-36-6-4-16)30-20(18)14-1-2-15-9-32(21(35)17(15)7-14)10-19(34)31-23(13-33)11-24(26,27)12-23/h1-2,7-8,16,33H,3-6,9-13H2,(H,31,34)(H,28,29,30). The van der Waals surface area contributed by atoms with E-state index < -0.39 is 36.8 Å². The molecule has 36 heavy (non-hydrogen) atoms. The molecule has 2 aliphatic heterocycles. The lowest BCUT2D eigenvalue weighted by molar-refractivity contribution is -0.156. The number of benzene rings is 1. The van der Waals surface area contributed by atoms with Crippen molar-refractivity contribution in [1.82, 2.24) is 20.2 Å². The third-order valence-corrected chi connectivity index (χ3v) is 7.07. The van der Waals surface area contributed by atoms with Crippen LogP contribution in [0.1, 0.15) is 41.6 Å². The molecule has 192 valence electrons. The van der Waals surface area contributed by atoms with Crippen molar-refractivity contribution in [3.63, 3.8) is 0 Å². The number of amides is 2. The van der Waals surface area contributed by atoms with Crippen LogP contribution in [0.3, 0.4) is 0 Å². The highest BCUT2D eigenvalue weighted by Crippen LogP contribution is 2.45. The van der Waals surface area contributed by atoms with E-state index in [1.54, 1.807) is 18.2 Å². The first-order chi connectivity index (χ1) is 17.2. The predicted octanol–water partition coefficient (Wildman–Crippen LogP) is 2.62. The summed E-state index contributed by atoms with van der Waals surface area (Å²) in [5.74, 6) is -3.42. The first kappa shape index (κ1) is 24.8. The Hall–Kier alpha value is -2.89. The van der Waals surface area contributed by atoms with Gasteiger partial charge in [-0.2, -0.15) is 0 Å². The molecule has 3 aliphatic rings. The van der Waals surface area contributed by atoms with E-state index in [-0.39, 0.29) is 25.0 Å². The van der Waals surface area contributed by atoms with E-state index in [9.17, 15) is 23.5 Å². The molecule has 1 aromatic carbocycles. The number of anilines is 1. The normalized spacial score (nSPS) is 20.6. The molecule has 0 radical (unpaired) electrons. The molecule has 5 rings (SSSR count). The maximum atomic E-state index is 13.3. The molecule has 0 atom stereocenters. The molecule has 12 heteroatoms. The van der Waals surface area contributed by atoms with Crippen LogP contribution in [0.25, 0.3) is 11.3 Å². The number of hydrogen-bond acceptors (Lipinski definition) is 7. The lowest BCUT2D eigenvalue weighted by Gasteiger charge is -2.46. The number of carbonyl (C=O) groups is 2. The van der Waals surface area contributed by atoms with E-state index >= 15 is 0 Å². The second-order valence-electron chi connectivity index (χ2n) is 9.65. The number of nitrogens with one attached hydrogen (secondary N) is 2. The Balaban J connectivity index is 1.28. The Labute approximate surface area is 211 Å². The topological polar surface area (TPSA) is 117 Å². The Bertz CT molecular complexity index is 1180. The Morgan fingerprint density at radius 3 is 2.72 bits per heavy atom. The number of fused-ring (bicyclic) bond motifs is 1. The van der Waals surface area contributed by atoms with Gasteiger partial charge in [0.05, 0.1) is 29.1 Å². The molecule has 2 fully saturated rings. The van der Waals surface area contributed by atoms with Gasteiger partial charge < -0.3 is 25.4 Å². The van der Waals surface area contributed by atoms with E-state index in [1.165, 1.54) is 11.1 Å². The summed E-state index contributed by atoms with van der Waals surface area (Å²) < 4.78 is 32.0. The van der Waals surface area contributed by atoms with E-state index in [1.807, 2.05) is 0 Å². The highest BCUT2D eigenvalue weighted by molar-refractivity contribution is 6.33. The summed E-state index contributed by atoms with van der Waals surface area (Å²) in [6, 6.07) is 5.47. The van der Waals surface area contributed by atoms with E-state index in [2.05, 4.69) is 20.6 Å². The Kier molecular flexibility index (Phi) is 6.56. The summed E-state index contributed by atoms with van der Waals surface area (Å²) in [6.45, 7) is 0.665. The lowest BCUT2D eigenvalue weighted by atomic mass is 9.74. The largest absolute Gasteiger partial charge is 0.394 e. The zero-order chi connectivity index (χ0) is 25.5. The zero-order valence-corrected chi connectivity index (χ0v) is 20.2. The molecule has 0 spiro atoms. The highest BCUT2D eigenvalue weighted by Gasteiger charge is 2.57. The van der Waals surface area contributed by atoms with Crippen molar-refractivity contribution in [3.05, 3.63) is 40.5 Å². The first-order valence-electron chi connectivity index (χ1n) is 11.8. The lowest BCUT2D eigenvalue weighted by Crippen LogP contribution is -2.65. The third kappa shape index (κ3) is 5.00. The molecule has 1 aliphatic carbocycles. The molecule has 2 amide bonds. The highest BCUT2D eigenvalue weighted by atomic mass is 35.5. The molecular weight excluding hydrogens is 496 g/mol. The van der Waals surface area contributed by atoms with E-state index in [0.717, 1.165) is 18.4 Å². The van der Waals surface area contributed by atoms with Crippen molar-refractivity contribution in [3.8, 4) is 11.3 Å². The van der Waals surface area contributed by atoms with Crippen LogP contribution in [-0.4, -0.2) is 75.7 Å². The number of alkyl halides is 2. The quantitative estimate of drug-likeness (QED) is 0.513. The summed E-state index contributed by atoms with van der Waals surface area (Å²) in [7, 11) is 0. The molecule has 3 N–H and O–H groups in total. The van der Waals surface area contributed by atoms with Gasteiger partial charge in [-0.3, -0.25) is 9.59 Å². The van der Waals surface area contributed by atoms with Crippen LogP contribution in [-0.2, 0) is 16.1 Å². The van der Waals surface area contributed by atoms with Gasteiger partial charge in [0.2, 0.25) is 11.9 Å². The maximum absolute atomic E-state index is 13.3. The fraction of sp³-hybridized carbons (Fsp3) is 0.500. The van der Waals surface area contributed by atoms with E-state index in [0.29, 0.717) is 41.0 Å². The van der Waals surface area contributed by atoms with Crippen molar-refractivity contribution < 1.29 is 28.2 Å². The number of halogens is 3. The second kappa shape index (κ2) is 9.53. The maximum Gasteiger partial charge on any atom is 0.254 e. The first-order valence-corrected chi connectivity index (χ1v) is 12.1. The number of aliphatic hydroxyl groups is 1. The van der Waals surface area contributed by atoms with Gasteiger partial charge in [0, 0.05) is 49.8 Å². The summed E-state index contributed by atoms with van der Waals surface area (Å²) in [6.07, 6.45) is 1.97. The average Bonchev–Trinajstić information content (AvgIpc) is 3.14. The van der Waals surface area contributed by atoms with Crippen LogP contribution in [0.5, 0.6) is 0 Å². The molecule has 2 aromatic rings. The van der Waals surface area contributed by atoms with E-state index in [4.69, 9.17) is 16.3 Å². The van der Waals surface area contributed by atoms with Crippen LogP contribution < -0.4 is 10.6 Å². The molecule has 1 saturated carbocycles. The van der Waals surface area contributed by atoms with Gasteiger partial charge in [-0.1, -0.05) is 23.7 Å². The average molecular weight is 522 g/mol. The van der Waals surface area contributed by atoms with Gasteiger partial charge in [0.25, 0.3) is 11.8 Å². The molecule has 0 unspecified atom stereocenters. The Morgan fingerprint density at radius 1 is 1.28 bits per heavy atom. The van der Waals surface area contributed by atoms with Gasteiger partial charge >= 0.3 is 0 Å². The SMILES string of the molecule is O=C(CN1Cc2ccc(-c3nc(NC4CCOCC4)ncc3Cl)cc2C1=O)NC1(CO)CC(F)(F)C1. The number of carbonyl (C=O) groups excluding carboxylic acids is 2. The van der Waals surface area contributed by atoms with Crippen molar-refractivity contribution in [2.75, 3.05) is 31.7 Å². The summed E-state index contributed by atoms with van der Waals surface area (Å²) in [4.78, 5) is 35.7. The molecular formula is C24H26ClF2N5O4. The fourth-order valence-corrected chi connectivity index (χ4v) is 5.19. The minimum atomic E-state index is -2.91. The van der Waals surface area contributed by atoms with Crippen LogP contribution >= 0.6 is 11.6 Å². The Morgan fingerprint density at radius 2 is 2.03 bits per heavy atom. The molecule has 0 bridgehead atoms. The summed E-state index contributed by atoms with van der Waals surface area (Å²) in [5.41, 5.74) is 0.912. The van der Waals surface area contributed by atoms with Gasteiger partial charge in [0.1, 0.15) is 6.54 Å². The van der Waals surface area contributed by atoms with Gasteiger partial charge in [-0.15, -0.1) is 0 Å². The van der Waals surface area contributed by atoms with Gasteiger partial charge in [-0.05, 0) is 24.5 Å². The minimum Gasteiger partial charge on any atom is -0.394 e. The monoisotopic (exact) mass is 521 g/mol. The number of hydrogen-bond donors (Lipinski definition) is 3. The smallest absolute Gasteiger partial charge is 0.254 e. The molecule has 9 nitrogen and oxygen atoms in total.